The van der Waals surface area contributed by atoms with Gasteiger partial charge in [0.05, 0.1) is 0 Å². The van der Waals surface area contributed by atoms with Crippen LogP contribution in [0.5, 0.6) is 0 Å². The number of nitrogens with one attached hydrogen (secondary N) is 1. The molecule has 0 spiro atoms. The van der Waals surface area contributed by atoms with E-state index >= 15 is 0 Å². The average Bonchev–Trinajstić information content (AvgIpc) is 2.66. The van der Waals surface area contributed by atoms with Gasteiger partial charge in [-0.2, -0.15) is 0 Å². The maximum absolute atomic E-state index is 3.82. The first kappa shape index (κ1) is 11.0. The molecule has 2 rings (SSSR count). The van der Waals surface area contributed by atoms with Gasteiger partial charge in [0.15, 0.2) is 0 Å². The van der Waals surface area contributed by atoms with Crippen molar-refractivity contribution in [3.05, 3.63) is 48.7 Å². The van der Waals surface area contributed by atoms with Crippen LogP contribution >= 0.6 is 0 Å². The smallest absolute Gasteiger partial charge is 0.0485 e. The number of fused-ring (bicyclic) bond motifs is 1. The Kier molecular flexibility index (Phi) is 3.42. The van der Waals surface area contributed by atoms with Crippen LogP contribution in [-0.2, 0) is 13.1 Å². The minimum absolute atomic E-state index is 0.869. The summed E-state index contributed by atoms with van der Waals surface area (Å²) in [4.78, 5) is 0. The van der Waals surface area contributed by atoms with E-state index in [0.29, 0.717) is 0 Å². The van der Waals surface area contributed by atoms with Gasteiger partial charge in [-0.3, -0.25) is 0 Å². The predicted molar refractivity (Wildman–Crippen MR) is 69.5 cm³/mol. The highest BCUT2D eigenvalue weighted by atomic mass is 15.0. The molecule has 0 saturated carbocycles. The maximum Gasteiger partial charge on any atom is 0.0485 e. The first-order valence-corrected chi connectivity index (χ1v) is 5.75. The van der Waals surface area contributed by atoms with E-state index in [-0.39, 0.29) is 0 Å². The van der Waals surface area contributed by atoms with Crippen molar-refractivity contribution in [2.75, 3.05) is 6.54 Å². The molecule has 0 atom stereocenters. The molecule has 0 radical (unpaired) electrons. The number of allylic oxidation sites excluding steroid dienone is 1. The fourth-order valence-electron chi connectivity index (χ4n) is 2.01. The Morgan fingerprint density at radius 3 is 2.94 bits per heavy atom. The molecule has 2 aromatic rings. The molecule has 1 aromatic heterocycles. The zero-order valence-electron chi connectivity index (χ0n) is 9.74. The van der Waals surface area contributed by atoms with Gasteiger partial charge in [0.25, 0.3) is 0 Å². The number of nitrogens with zero attached hydrogens (tertiary/aromatic N) is 1. The molecule has 16 heavy (non-hydrogen) atoms. The summed E-state index contributed by atoms with van der Waals surface area (Å²) >= 11 is 0. The average molecular weight is 214 g/mol. The Bertz CT molecular complexity index is 482. The fraction of sp³-hybridized carbons (Fsp3) is 0.286. The lowest BCUT2D eigenvalue weighted by molar-refractivity contribution is 0.671. The van der Waals surface area contributed by atoms with E-state index in [0.717, 1.165) is 19.6 Å². The van der Waals surface area contributed by atoms with Crippen LogP contribution in [0.4, 0.5) is 0 Å². The van der Waals surface area contributed by atoms with Gasteiger partial charge in [0.1, 0.15) is 0 Å². The van der Waals surface area contributed by atoms with Crippen molar-refractivity contribution in [2.45, 2.75) is 20.0 Å². The van der Waals surface area contributed by atoms with Gasteiger partial charge in [-0.1, -0.05) is 31.2 Å². The SMILES string of the molecule is C=CCn1c(CNCC)cc2ccccc21. The topological polar surface area (TPSA) is 17.0 Å². The minimum atomic E-state index is 0.869. The van der Waals surface area contributed by atoms with Crippen LogP contribution in [0.1, 0.15) is 12.6 Å². The third-order valence-electron chi connectivity index (χ3n) is 2.76. The van der Waals surface area contributed by atoms with Crippen LogP contribution in [0, 0.1) is 0 Å². The Morgan fingerprint density at radius 1 is 1.38 bits per heavy atom. The van der Waals surface area contributed by atoms with E-state index in [4.69, 9.17) is 0 Å². The lowest BCUT2D eigenvalue weighted by Gasteiger charge is -2.08. The number of aromatic nitrogens is 1. The standard InChI is InChI=1S/C14H18N2/c1-3-9-16-13(11-15-4-2)10-12-7-5-6-8-14(12)16/h3,5-8,10,15H,1,4,9,11H2,2H3. The summed E-state index contributed by atoms with van der Waals surface area (Å²) in [5.41, 5.74) is 2.61. The van der Waals surface area contributed by atoms with E-state index in [1.54, 1.807) is 0 Å². The van der Waals surface area contributed by atoms with Crippen molar-refractivity contribution in [1.82, 2.24) is 9.88 Å². The Labute approximate surface area is 96.6 Å². The number of benzene rings is 1. The summed E-state index contributed by atoms with van der Waals surface area (Å²) in [6, 6.07) is 10.7. The van der Waals surface area contributed by atoms with Gasteiger partial charge < -0.3 is 9.88 Å². The number of para-hydroxylation sites is 1. The zero-order valence-corrected chi connectivity index (χ0v) is 9.74. The van der Waals surface area contributed by atoms with Crippen LogP contribution in [0.3, 0.4) is 0 Å². The maximum atomic E-state index is 3.82. The summed E-state index contributed by atoms with van der Waals surface area (Å²) in [6.07, 6.45) is 1.95. The summed E-state index contributed by atoms with van der Waals surface area (Å²) < 4.78 is 2.31. The van der Waals surface area contributed by atoms with Crippen molar-refractivity contribution in [1.29, 1.82) is 0 Å². The van der Waals surface area contributed by atoms with Gasteiger partial charge in [-0.25, -0.2) is 0 Å². The molecular formula is C14H18N2. The minimum Gasteiger partial charge on any atom is -0.339 e. The molecule has 0 fully saturated rings. The molecule has 1 aromatic carbocycles. The van der Waals surface area contributed by atoms with Crippen molar-refractivity contribution in [3.8, 4) is 0 Å². The lowest BCUT2D eigenvalue weighted by Crippen LogP contribution is -2.15. The molecule has 0 bridgehead atoms. The van der Waals surface area contributed by atoms with Crippen molar-refractivity contribution < 1.29 is 0 Å². The first-order valence-electron chi connectivity index (χ1n) is 5.75. The molecule has 1 heterocycles. The van der Waals surface area contributed by atoms with Crippen LogP contribution in [0.2, 0.25) is 0 Å². The highest BCUT2D eigenvalue weighted by Gasteiger charge is 2.05. The van der Waals surface area contributed by atoms with E-state index in [2.05, 4.69) is 53.7 Å². The summed E-state index contributed by atoms with van der Waals surface area (Å²) in [5, 5.41) is 4.67. The fourth-order valence-corrected chi connectivity index (χ4v) is 2.01. The van der Waals surface area contributed by atoms with Crippen LogP contribution in [0.15, 0.2) is 43.0 Å². The van der Waals surface area contributed by atoms with Crippen molar-refractivity contribution in [3.63, 3.8) is 0 Å². The molecule has 2 nitrogen and oxygen atoms in total. The largest absolute Gasteiger partial charge is 0.339 e. The number of hydrogen-bond donors (Lipinski definition) is 1. The second-order valence-electron chi connectivity index (χ2n) is 3.87. The summed E-state index contributed by atoms with van der Waals surface area (Å²) in [5.74, 6) is 0. The van der Waals surface area contributed by atoms with Gasteiger partial charge >= 0.3 is 0 Å². The Balaban J connectivity index is 2.45. The van der Waals surface area contributed by atoms with Gasteiger partial charge in [-0.15, -0.1) is 6.58 Å². The van der Waals surface area contributed by atoms with Gasteiger partial charge in [0.2, 0.25) is 0 Å². The zero-order chi connectivity index (χ0) is 11.4. The van der Waals surface area contributed by atoms with Gasteiger partial charge in [-0.05, 0) is 24.1 Å². The molecule has 0 aliphatic rings. The Morgan fingerprint density at radius 2 is 2.19 bits per heavy atom. The lowest BCUT2D eigenvalue weighted by atomic mass is 10.2. The van der Waals surface area contributed by atoms with E-state index < -0.39 is 0 Å². The molecule has 0 aliphatic heterocycles. The second kappa shape index (κ2) is 4.99. The van der Waals surface area contributed by atoms with Crippen molar-refractivity contribution >= 4 is 10.9 Å². The second-order valence-corrected chi connectivity index (χ2v) is 3.87. The highest BCUT2D eigenvalue weighted by molar-refractivity contribution is 5.81. The molecule has 0 amide bonds. The van der Waals surface area contributed by atoms with E-state index in [1.807, 2.05) is 6.08 Å². The molecule has 0 unspecified atom stereocenters. The molecular weight excluding hydrogens is 196 g/mol. The molecule has 1 N–H and O–H groups in total. The molecule has 0 saturated heterocycles. The monoisotopic (exact) mass is 214 g/mol. The van der Waals surface area contributed by atoms with E-state index in [9.17, 15) is 0 Å². The third-order valence-corrected chi connectivity index (χ3v) is 2.76. The van der Waals surface area contributed by atoms with Crippen molar-refractivity contribution in [2.24, 2.45) is 0 Å². The number of hydrogen-bond acceptors (Lipinski definition) is 1. The predicted octanol–water partition coefficient (Wildman–Crippen LogP) is 2.94. The van der Waals surface area contributed by atoms with Crippen LogP contribution in [-0.4, -0.2) is 11.1 Å². The van der Waals surface area contributed by atoms with Gasteiger partial charge in [0, 0.05) is 24.3 Å². The quantitative estimate of drug-likeness (QED) is 0.757. The first-order chi connectivity index (χ1) is 7.86. The van der Waals surface area contributed by atoms with Crippen LogP contribution in [0.25, 0.3) is 10.9 Å². The molecule has 2 heteroatoms. The van der Waals surface area contributed by atoms with Crippen LogP contribution < -0.4 is 5.32 Å². The summed E-state index contributed by atoms with van der Waals surface area (Å²) in [7, 11) is 0. The Hall–Kier alpha value is -1.54. The van der Waals surface area contributed by atoms with E-state index in [1.165, 1.54) is 16.6 Å². The third kappa shape index (κ3) is 2.02. The number of rotatable bonds is 5. The normalized spacial score (nSPS) is 10.8. The molecule has 0 aliphatic carbocycles. The molecule has 84 valence electrons. The highest BCUT2D eigenvalue weighted by Crippen LogP contribution is 2.19. The summed E-state index contributed by atoms with van der Waals surface area (Å²) in [6.45, 7) is 8.73.